The van der Waals surface area contributed by atoms with Gasteiger partial charge in [0.1, 0.15) is 0 Å². The minimum Gasteiger partial charge on any atom is -0.493 e. The molecule has 0 atom stereocenters. The largest absolute Gasteiger partial charge is 0.493 e. The number of allylic oxidation sites excluding steroid dienone is 1. The van der Waals surface area contributed by atoms with Crippen LogP contribution in [0.2, 0.25) is 0 Å². The van der Waals surface area contributed by atoms with Gasteiger partial charge in [-0.3, -0.25) is 0 Å². The second-order valence-electron chi connectivity index (χ2n) is 5.17. The number of methoxy groups -OCH3 is 1. The van der Waals surface area contributed by atoms with Gasteiger partial charge in [-0.25, -0.2) is 4.98 Å². The van der Waals surface area contributed by atoms with E-state index in [0.717, 1.165) is 39.0 Å². The summed E-state index contributed by atoms with van der Waals surface area (Å²) >= 11 is 1.65. The van der Waals surface area contributed by atoms with Gasteiger partial charge >= 0.3 is 0 Å². The Morgan fingerprint density at radius 3 is 2.76 bits per heavy atom. The van der Waals surface area contributed by atoms with E-state index in [4.69, 9.17) is 9.47 Å². The second-order valence-corrected chi connectivity index (χ2v) is 6.25. The number of hydrogen-bond acceptors (Lipinski definition) is 4. The van der Waals surface area contributed by atoms with Crippen LogP contribution in [0.4, 0.5) is 0 Å². The Balaban J connectivity index is 0.00000225. The Bertz CT molecular complexity index is 815. The molecule has 6 heteroatoms. The van der Waals surface area contributed by atoms with E-state index in [2.05, 4.69) is 9.97 Å². The predicted octanol–water partition coefficient (Wildman–Crippen LogP) is 5.20. The van der Waals surface area contributed by atoms with E-state index < -0.39 is 0 Å². The van der Waals surface area contributed by atoms with E-state index in [1.165, 1.54) is 0 Å². The van der Waals surface area contributed by atoms with Crippen molar-refractivity contribution in [2.45, 2.75) is 12.1 Å². The topological polar surface area (TPSA) is 47.1 Å². The number of aromatic amines is 1. The molecule has 1 heterocycles. The molecular formula is C19H21ClN2O2S. The first-order valence-corrected chi connectivity index (χ1v) is 8.80. The van der Waals surface area contributed by atoms with E-state index in [9.17, 15) is 0 Å². The molecule has 132 valence electrons. The maximum Gasteiger partial charge on any atom is 0.166 e. The minimum absolute atomic E-state index is 0. The molecule has 0 fully saturated rings. The number of imidazole rings is 1. The first-order chi connectivity index (χ1) is 11.8. The van der Waals surface area contributed by atoms with Crippen LogP contribution in [0.25, 0.3) is 17.1 Å². The lowest BCUT2D eigenvalue weighted by Crippen LogP contribution is -2.02. The van der Waals surface area contributed by atoms with Gasteiger partial charge in [0.05, 0.1) is 24.8 Å². The fourth-order valence-corrected chi connectivity index (χ4v) is 3.09. The molecule has 0 amide bonds. The molecular weight excluding hydrogens is 356 g/mol. The fraction of sp³-hybridized carbons (Fsp3) is 0.211. The maximum absolute atomic E-state index is 5.85. The number of fused-ring (bicyclic) bond motifs is 1. The van der Waals surface area contributed by atoms with Gasteiger partial charge < -0.3 is 14.5 Å². The molecule has 1 N–H and O–H groups in total. The number of rotatable bonds is 7. The average Bonchev–Trinajstić information content (AvgIpc) is 3.02. The summed E-state index contributed by atoms with van der Waals surface area (Å²) in [6.45, 7) is 2.58. The van der Waals surface area contributed by atoms with Crippen molar-refractivity contribution >= 4 is 41.3 Å². The van der Waals surface area contributed by atoms with E-state index in [0.29, 0.717) is 6.61 Å². The number of hydrogen-bond donors (Lipinski definition) is 1. The predicted molar refractivity (Wildman–Crippen MR) is 107 cm³/mol. The van der Waals surface area contributed by atoms with Gasteiger partial charge in [0.25, 0.3) is 0 Å². The number of aromatic nitrogens is 2. The third-order valence-electron chi connectivity index (χ3n) is 3.49. The number of nitrogens with zero attached hydrogens (tertiary/aromatic N) is 1. The summed E-state index contributed by atoms with van der Waals surface area (Å²) in [6, 6.07) is 14.0. The van der Waals surface area contributed by atoms with Crippen LogP contribution >= 0.6 is 24.2 Å². The van der Waals surface area contributed by atoms with E-state index in [1.807, 2.05) is 61.5 Å². The molecule has 0 aliphatic rings. The molecule has 0 spiro atoms. The summed E-state index contributed by atoms with van der Waals surface area (Å²) in [4.78, 5) is 7.84. The molecule has 3 rings (SSSR count). The SMILES string of the molecule is CC=Cc1ccc(OCCSc2nc3ccccc3[nH]2)c(OC)c1.Cl. The van der Waals surface area contributed by atoms with Crippen LogP contribution in [0.15, 0.2) is 53.7 Å². The first kappa shape index (κ1) is 19.2. The lowest BCUT2D eigenvalue weighted by atomic mass is 10.2. The molecule has 25 heavy (non-hydrogen) atoms. The number of ether oxygens (including phenoxy) is 2. The van der Waals surface area contributed by atoms with E-state index in [-0.39, 0.29) is 12.4 Å². The highest BCUT2D eigenvalue weighted by molar-refractivity contribution is 7.99. The van der Waals surface area contributed by atoms with Crippen LogP contribution in [0.5, 0.6) is 11.5 Å². The zero-order valence-electron chi connectivity index (χ0n) is 14.2. The lowest BCUT2D eigenvalue weighted by molar-refractivity contribution is 0.313. The van der Waals surface area contributed by atoms with Crippen molar-refractivity contribution in [2.24, 2.45) is 0 Å². The van der Waals surface area contributed by atoms with Gasteiger partial charge in [-0.05, 0) is 36.8 Å². The molecule has 1 aromatic heterocycles. The third-order valence-corrected chi connectivity index (χ3v) is 4.33. The highest BCUT2D eigenvalue weighted by Gasteiger charge is 2.06. The molecule has 0 saturated carbocycles. The second kappa shape index (κ2) is 9.39. The van der Waals surface area contributed by atoms with Crippen molar-refractivity contribution in [3.8, 4) is 11.5 Å². The summed E-state index contributed by atoms with van der Waals surface area (Å²) in [5.41, 5.74) is 3.14. The summed E-state index contributed by atoms with van der Waals surface area (Å²) in [5.74, 6) is 2.31. The summed E-state index contributed by atoms with van der Waals surface area (Å²) in [5, 5.41) is 0.912. The fourth-order valence-electron chi connectivity index (χ4n) is 2.39. The Morgan fingerprint density at radius 1 is 1.16 bits per heavy atom. The molecule has 0 radical (unpaired) electrons. The maximum atomic E-state index is 5.85. The Kier molecular flexibility index (Phi) is 7.22. The van der Waals surface area contributed by atoms with Crippen LogP contribution in [0.3, 0.4) is 0 Å². The Hall–Kier alpha value is -2.11. The number of benzene rings is 2. The van der Waals surface area contributed by atoms with Crippen LogP contribution in [-0.2, 0) is 0 Å². The van der Waals surface area contributed by atoms with Crippen LogP contribution in [-0.4, -0.2) is 29.4 Å². The molecule has 0 bridgehead atoms. The van der Waals surface area contributed by atoms with Gasteiger partial charge in [0.15, 0.2) is 16.7 Å². The monoisotopic (exact) mass is 376 g/mol. The molecule has 0 aliphatic carbocycles. The van der Waals surface area contributed by atoms with Crippen molar-refractivity contribution in [1.29, 1.82) is 0 Å². The minimum atomic E-state index is 0. The van der Waals surface area contributed by atoms with Crippen LogP contribution in [0.1, 0.15) is 12.5 Å². The molecule has 0 saturated heterocycles. The highest BCUT2D eigenvalue weighted by Crippen LogP contribution is 2.29. The van der Waals surface area contributed by atoms with Gasteiger partial charge in [0.2, 0.25) is 0 Å². The first-order valence-electron chi connectivity index (χ1n) is 7.81. The van der Waals surface area contributed by atoms with Crippen LogP contribution in [0, 0.1) is 0 Å². The lowest BCUT2D eigenvalue weighted by Gasteiger charge is -2.11. The smallest absolute Gasteiger partial charge is 0.166 e. The summed E-state index contributed by atoms with van der Waals surface area (Å²) in [7, 11) is 1.66. The average molecular weight is 377 g/mol. The third kappa shape index (κ3) is 4.94. The normalized spacial score (nSPS) is 10.8. The quantitative estimate of drug-likeness (QED) is 0.455. The standard InChI is InChI=1S/C19H20N2O2S.ClH/c1-3-6-14-9-10-17(18(13-14)22-2)23-11-12-24-19-20-15-7-4-5-8-16(15)21-19;/h3-10,13H,11-12H2,1-2H3,(H,20,21);1H. The molecule has 3 aromatic rings. The highest BCUT2D eigenvalue weighted by atomic mass is 35.5. The van der Waals surface area contributed by atoms with Crippen molar-refractivity contribution in [2.75, 3.05) is 19.5 Å². The van der Waals surface area contributed by atoms with Crippen molar-refractivity contribution in [1.82, 2.24) is 9.97 Å². The van der Waals surface area contributed by atoms with Crippen molar-refractivity contribution in [3.05, 3.63) is 54.1 Å². The van der Waals surface area contributed by atoms with E-state index in [1.54, 1.807) is 18.9 Å². The summed E-state index contributed by atoms with van der Waals surface area (Å²) < 4.78 is 11.2. The summed E-state index contributed by atoms with van der Waals surface area (Å²) in [6.07, 6.45) is 4.03. The number of thioether (sulfide) groups is 1. The number of para-hydroxylation sites is 2. The van der Waals surface area contributed by atoms with Crippen molar-refractivity contribution < 1.29 is 9.47 Å². The number of halogens is 1. The van der Waals surface area contributed by atoms with Gasteiger partial charge in [-0.15, -0.1) is 12.4 Å². The van der Waals surface area contributed by atoms with Gasteiger partial charge in [0, 0.05) is 5.75 Å². The molecule has 4 nitrogen and oxygen atoms in total. The van der Waals surface area contributed by atoms with Crippen LogP contribution < -0.4 is 9.47 Å². The molecule has 0 aliphatic heterocycles. The van der Waals surface area contributed by atoms with Crippen molar-refractivity contribution in [3.63, 3.8) is 0 Å². The molecule has 2 aromatic carbocycles. The number of H-pyrrole nitrogens is 1. The zero-order chi connectivity index (χ0) is 16.8. The number of nitrogens with one attached hydrogen (secondary N) is 1. The van der Waals surface area contributed by atoms with E-state index >= 15 is 0 Å². The molecule has 0 unspecified atom stereocenters. The van der Waals surface area contributed by atoms with Gasteiger partial charge in [-0.2, -0.15) is 0 Å². The van der Waals surface area contributed by atoms with Gasteiger partial charge in [-0.1, -0.05) is 42.1 Å². The Morgan fingerprint density at radius 2 is 2.00 bits per heavy atom. The zero-order valence-corrected chi connectivity index (χ0v) is 15.8. The Labute approximate surface area is 158 Å².